The molecular formula is C20H21N5. The van der Waals surface area contributed by atoms with Crippen LogP contribution in [0.25, 0.3) is 11.3 Å². The fourth-order valence-corrected chi connectivity index (χ4v) is 3.23. The summed E-state index contributed by atoms with van der Waals surface area (Å²) in [5.41, 5.74) is 4.59. The summed E-state index contributed by atoms with van der Waals surface area (Å²) in [4.78, 5) is 17.8. The first-order chi connectivity index (χ1) is 12.3. The molecule has 0 atom stereocenters. The number of rotatable bonds is 3. The molecule has 0 unspecified atom stereocenters. The molecule has 1 aliphatic heterocycles. The highest BCUT2D eigenvalue weighted by Gasteiger charge is 2.18. The lowest BCUT2D eigenvalue weighted by Crippen LogP contribution is -2.46. The van der Waals surface area contributed by atoms with Gasteiger partial charge in [0.1, 0.15) is 12.1 Å². The molecule has 3 aromatic rings. The van der Waals surface area contributed by atoms with Gasteiger partial charge in [-0.15, -0.1) is 0 Å². The summed E-state index contributed by atoms with van der Waals surface area (Å²) in [6.07, 6.45) is 5.36. The second-order valence-corrected chi connectivity index (χ2v) is 6.31. The Morgan fingerprint density at radius 3 is 2.36 bits per heavy atom. The number of hydrogen-bond acceptors (Lipinski definition) is 5. The average Bonchev–Trinajstić information content (AvgIpc) is 2.69. The highest BCUT2D eigenvalue weighted by atomic mass is 15.3. The third kappa shape index (κ3) is 3.45. The quantitative estimate of drug-likeness (QED) is 0.737. The third-order valence-corrected chi connectivity index (χ3v) is 4.60. The van der Waals surface area contributed by atoms with Crippen molar-refractivity contribution in [1.29, 1.82) is 0 Å². The van der Waals surface area contributed by atoms with Gasteiger partial charge in [-0.25, -0.2) is 9.97 Å². The molecule has 1 aromatic carbocycles. The monoisotopic (exact) mass is 331 g/mol. The lowest BCUT2D eigenvalue weighted by Gasteiger charge is -2.36. The van der Waals surface area contributed by atoms with Crippen LogP contribution in [0.4, 0.5) is 11.5 Å². The Hall–Kier alpha value is -2.95. The number of benzene rings is 1. The maximum absolute atomic E-state index is 4.50. The van der Waals surface area contributed by atoms with E-state index in [-0.39, 0.29) is 0 Å². The van der Waals surface area contributed by atoms with Crippen LogP contribution in [0.15, 0.2) is 61.2 Å². The van der Waals surface area contributed by atoms with E-state index >= 15 is 0 Å². The maximum atomic E-state index is 4.50. The molecule has 2 aromatic heterocycles. The summed E-state index contributed by atoms with van der Waals surface area (Å²) in [5, 5.41) is 0. The van der Waals surface area contributed by atoms with Gasteiger partial charge in [0.05, 0.1) is 5.69 Å². The van der Waals surface area contributed by atoms with Crippen molar-refractivity contribution in [2.75, 3.05) is 36.0 Å². The fraction of sp³-hybridized carbons (Fsp3) is 0.250. The van der Waals surface area contributed by atoms with Gasteiger partial charge < -0.3 is 9.80 Å². The normalized spacial score (nSPS) is 14.6. The Labute approximate surface area is 148 Å². The van der Waals surface area contributed by atoms with E-state index in [0.29, 0.717) is 0 Å². The highest BCUT2D eigenvalue weighted by Crippen LogP contribution is 2.23. The third-order valence-electron chi connectivity index (χ3n) is 4.60. The molecule has 0 N–H and O–H groups in total. The molecule has 0 spiro atoms. The van der Waals surface area contributed by atoms with Gasteiger partial charge in [-0.1, -0.05) is 23.8 Å². The van der Waals surface area contributed by atoms with Gasteiger partial charge >= 0.3 is 0 Å². The summed E-state index contributed by atoms with van der Waals surface area (Å²) < 4.78 is 0. The van der Waals surface area contributed by atoms with Crippen LogP contribution >= 0.6 is 0 Å². The Morgan fingerprint density at radius 2 is 1.60 bits per heavy atom. The number of nitrogens with zero attached hydrogens (tertiary/aromatic N) is 5. The number of aryl methyl sites for hydroxylation is 1. The number of piperazine rings is 1. The minimum atomic E-state index is 0.951. The standard InChI is InChI=1S/C20H21N5/c1-16-3-2-4-17(13-16)19-14-20(23-15-22-19)25-11-9-24(10-12-25)18-5-7-21-8-6-18/h2-8,13-15H,9-12H2,1H3. The number of aromatic nitrogens is 3. The van der Waals surface area contributed by atoms with Crippen LogP contribution in [0, 0.1) is 6.92 Å². The maximum Gasteiger partial charge on any atom is 0.132 e. The molecule has 0 bridgehead atoms. The van der Waals surface area contributed by atoms with Crippen LogP contribution in [0.2, 0.25) is 0 Å². The summed E-state index contributed by atoms with van der Waals surface area (Å²) in [7, 11) is 0. The van der Waals surface area contributed by atoms with E-state index in [1.807, 2.05) is 12.4 Å². The van der Waals surface area contributed by atoms with Crippen molar-refractivity contribution < 1.29 is 0 Å². The second kappa shape index (κ2) is 6.89. The first-order valence-electron chi connectivity index (χ1n) is 8.58. The minimum absolute atomic E-state index is 0.951. The second-order valence-electron chi connectivity index (χ2n) is 6.31. The Balaban J connectivity index is 1.49. The van der Waals surface area contributed by atoms with Crippen LogP contribution in [0.3, 0.4) is 0 Å². The van der Waals surface area contributed by atoms with Crippen molar-refractivity contribution in [2.24, 2.45) is 0 Å². The predicted octanol–water partition coefficient (Wildman–Crippen LogP) is 3.17. The van der Waals surface area contributed by atoms with Crippen LogP contribution in [0.5, 0.6) is 0 Å². The van der Waals surface area contributed by atoms with Crippen LogP contribution in [0.1, 0.15) is 5.56 Å². The van der Waals surface area contributed by atoms with Gasteiger partial charge in [-0.3, -0.25) is 4.98 Å². The van der Waals surface area contributed by atoms with E-state index in [0.717, 1.165) is 43.3 Å². The number of anilines is 2. The van der Waals surface area contributed by atoms with Gasteiger partial charge in [0.2, 0.25) is 0 Å². The van der Waals surface area contributed by atoms with E-state index < -0.39 is 0 Å². The van der Waals surface area contributed by atoms with E-state index in [1.54, 1.807) is 6.33 Å². The molecule has 0 amide bonds. The largest absolute Gasteiger partial charge is 0.368 e. The van der Waals surface area contributed by atoms with Crippen molar-refractivity contribution in [3.8, 4) is 11.3 Å². The molecule has 5 nitrogen and oxygen atoms in total. The number of hydrogen-bond donors (Lipinski definition) is 0. The molecule has 1 fully saturated rings. The van der Waals surface area contributed by atoms with Crippen molar-refractivity contribution >= 4 is 11.5 Å². The topological polar surface area (TPSA) is 45.2 Å². The smallest absolute Gasteiger partial charge is 0.132 e. The minimum Gasteiger partial charge on any atom is -0.368 e. The lowest BCUT2D eigenvalue weighted by atomic mass is 10.1. The fourth-order valence-electron chi connectivity index (χ4n) is 3.23. The van der Waals surface area contributed by atoms with E-state index in [1.165, 1.54) is 11.3 Å². The van der Waals surface area contributed by atoms with Crippen molar-refractivity contribution in [3.63, 3.8) is 0 Å². The molecule has 25 heavy (non-hydrogen) atoms. The Morgan fingerprint density at radius 1 is 0.840 bits per heavy atom. The van der Waals surface area contributed by atoms with Gasteiger partial charge in [-0.2, -0.15) is 0 Å². The molecule has 4 rings (SSSR count). The summed E-state index contributed by atoms with van der Waals surface area (Å²) in [6.45, 7) is 5.96. The van der Waals surface area contributed by atoms with Gasteiger partial charge in [0.25, 0.3) is 0 Å². The van der Waals surface area contributed by atoms with E-state index in [4.69, 9.17) is 0 Å². The summed E-state index contributed by atoms with van der Waals surface area (Å²) >= 11 is 0. The number of pyridine rings is 1. The molecule has 3 heterocycles. The lowest BCUT2D eigenvalue weighted by molar-refractivity contribution is 0.646. The molecule has 1 saturated heterocycles. The molecular weight excluding hydrogens is 310 g/mol. The predicted molar refractivity (Wildman–Crippen MR) is 101 cm³/mol. The average molecular weight is 331 g/mol. The van der Waals surface area contributed by atoms with Crippen LogP contribution < -0.4 is 9.80 Å². The Kier molecular flexibility index (Phi) is 4.29. The van der Waals surface area contributed by atoms with Crippen molar-refractivity contribution in [3.05, 3.63) is 66.7 Å². The zero-order valence-corrected chi connectivity index (χ0v) is 14.3. The Bertz CT molecular complexity index is 841. The van der Waals surface area contributed by atoms with Crippen LogP contribution in [-0.2, 0) is 0 Å². The molecule has 0 aliphatic carbocycles. The highest BCUT2D eigenvalue weighted by molar-refractivity contribution is 5.63. The van der Waals surface area contributed by atoms with Gasteiger partial charge in [-0.05, 0) is 25.1 Å². The van der Waals surface area contributed by atoms with Gasteiger partial charge in [0.15, 0.2) is 0 Å². The molecule has 5 heteroatoms. The zero-order valence-electron chi connectivity index (χ0n) is 14.3. The van der Waals surface area contributed by atoms with Gasteiger partial charge in [0, 0.05) is 55.9 Å². The van der Waals surface area contributed by atoms with E-state index in [2.05, 4.69) is 74.1 Å². The molecule has 126 valence electrons. The first kappa shape index (κ1) is 15.6. The van der Waals surface area contributed by atoms with Crippen molar-refractivity contribution in [1.82, 2.24) is 15.0 Å². The van der Waals surface area contributed by atoms with Crippen molar-refractivity contribution in [2.45, 2.75) is 6.92 Å². The summed E-state index contributed by atoms with van der Waals surface area (Å²) in [6, 6.07) is 14.7. The zero-order chi connectivity index (χ0) is 17.1. The summed E-state index contributed by atoms with van der Waals surface area (Å²) in [5.74, 6) is 1.00. The molecule has 1 aliphatic rings. The SMILES string of the molecule is Cc1cccc(-c2cc(N3CCN(c4ccncc4)CC3)ncn2)c1. The van der Waals surface area contributed by atoms with E-state index in [9.17, 15) is 0 Å². The molecule has 0 radical (unpaired) electrons. The van der Waals surface area contributed by atoms with Crippen LogP contribution in [-0.4, -0.2) is 41.1 Å². The first-order valence-corrected chi connectivity index (χ1v) is 8.58. The molecule has 0 saturated carbocycles.